The zero-order valence-electron chi connectivity index (χ0n) is 22.7. The number of carbonyl (C=O) groups excluding carboxylic acids is 2. The zero-order chi connectivity index (χ0) is 27.5. The largest absolute Gasteiger partial charge is 0.496 e. The van der Waals surface area contributed by atoms with Gasteiger partial charge in [-0.1, -0.05) is 73.5 Å². The van der Waals surface area contributed by atoms with Crippen LogP contribution in [0.15, 0.2) is 66.7 Å². The van der Waals surface area contributed by atoms with E-state index in [4.69, 9.17) is 16.3 Å². The number of carbonyl (C=O) groups is 2. The van der Waals surface area contributed by atoms with Crippen molar-refractivity contribution in [1.82, 2.24) is 4.90 Å². The standard InChI is InChI=1S/C33H34ClNO3S/c1-4-22-9-16-27(17-10-22)35(33(37)32-31(34)28-7-5-6-8-30(28)39-32)20-26-19-25(15-18-29(26)38-3)24-13-11-23(12-14-24)21(2)36/h5-8,11-15,18-19,22,27H,4,9-10,16-17,20H2,1-3H3. The maximum atomic E-state index is 14.2. The minimum atomic E-state index is -0.0144. The van der Waals surface area contributed by atoms with Crippen molar-refractivity contribution in [3.05, 3.63) is 87.8 Å². The lowest BCUT2D eigenvalue weighted by Crippen LogP contribution is -2.41. The molecule has 1 heterocycles. The van der Waals surface area contributed by atoms with Crippen LogP contribution in [-0.2, 0) is 6.54 Å². The van der Waals surface area contributed by atoms with E-state index in [-0.39, 0.29) is 17.7 Å². The van der Waals surface area contributed by atoms with Gasteiger partial charge in [0.25, 0.3) is 5.91 Å². The highest BCUT2D eigenvalue weighted by atomic mass is 35.5. The van der Waals surface area contributed by atoms with Crippen LogP contribution in [0.5, 0.6) is 5.75 Å². The summed E-state index contributed by atoms with van der Waals surface area (Å²) in [4.78, 5) is 28.6. The number of fused-ring (bicyclic) bond motifs is 1. The van der Waals surface area contributed by atoms with Gasteiger partial charge in [0.05, 0.1) is 12.1 Å². The van der Waals surface area contributed by atoms with Gasteiger partial charge in [0, 0.05) is 33.8 Å². The lowest BCUT2D eigenvalue weighted by molar-refractivity contribution is 0.0591. The van der Waals surface area contributed by atoms with Crippen LogP contribution in [0.4, 0.5) is 0 Å². The molecule has 1 aliphatic carbocycles. The molecule has 6 heteroatoms. The van der Waals surface area contributed by atoms with Crippen molar-refractivity contribution in [1.29, 1.82) is 0 Å². The van der Waals surface area contributed by atoms with Crippen molar-refractivity contribution in [3.8, 4) is 16.9 Å². The van der Waals surface area contributed by atoms with E-state index in [9.17, 15) is 9.59 Å². The summed E-state index contributed by atoms with van der Waals surface area (Å²) in [5, 5.41) is 1.47. The fraction of sp³-hybridized carbons (Fsp3) is 0.333. The molecule has 0 aliphatic heterocycles. The van der Waals surface area contributed by atoms with E-state index < -0.39 is 0 Å². The highest BCUT2D eigenvalue weighted by Crippen LogP contribution is 2.39. The van der Waals surface area contributed by atoms with Gasteiger partial charge >= 0.3 is 0 Å². The van der Waals surface area contributed by atoms with Gasteiger partial charge in [0.2, 0.25) is 0 Å². The van der Waals surface area contributed by atoms with Gasteiger partial charge < -0.3 is 9.64 Å². The molecule has 0 spiro atoms. The molecule has 1 amide bonds. The molecule has 1 fully saturated rings. The fourth-order valence-electron chi connectivity index (χ4n) is 5.68. The number of methoxy groups -OCH3 is 1. The molecule has 1 aliphatic rings. The van der Waals surface area contributed by atoms with Gasteiger partial charge in [-0.2, -0.15) is 0 Å². The molecule has 1 aromatic heterocycles. The van der Waals surface area contributed by atoms with Crippen molar-refractivity contribution in [2.45, 2.75) is 58.5 Å². The second kappa shape index (κ2) is 11.9. The molecule has 1 saturated carbocycles. The maximum Gasteiger partial charge on any atom is 0.266 e. The predicted molar refractivity (Wildman–Crippen MR) is 161 cm³/mol. The molecular weight excluding hydrogens is 526 g/mol. The van der Waals surface area contributed by atoms with Crippen LogP contribution in [0, 0.1) is 5.92 Å². The summed E-state index contributed by atoms with van der Waals surface area (Å²) in [5.74, 6) is 1.51. The highest BCUT2D eigenvalue weighted by molar-refractivity contribution is 7.21. The first kappa shape index (κ1) is 27.4. The van der Waals surface area contributed by atoms with Gasteiger partial charge in [-0.05, 0) is 67.9 Å². The predicted octanol–water partition coefficient (Wildman–Crippen LogP) is 9.04. The molecule has 39 heavy (non-hydrogen) atoms. The monoisotopic (exact) mass is 559 g/mol. The van der Waals surface area contributed by atoms with E-state index >= 15 is 0 Å². The fourth-order valence-corrected chi connectivity index (χ4v) is 7.14. The molecule has 0 radical (unpaired) electrons. The SMILES string of the molecule is CCC1CCC(N(Cc2cc(-c3ccc(C(C)=O)cc3)ccc2OC)C(=O)c2sc3ccccc3c2Cl)CC1. The van der Waals surface area contributed by atoms with E-state index in [1.807, 2.05) is 65.6 Å². The number of thiophene rings is 1. The Morgan fingerprint density at radius 1 is 0.974 bits per heavy atom. The summed E-state index contributed by atoms with van der Waals surface area (Å²) in [6.45, 7) is 4.26. The summed E-state index contributed by atoms with van der Waals surface area (Å²) in [5.41, 5.74) is 3.67. The Balaban J connectivity index is 1.51. The van der Waals surface area contributed by atoms with E-state index in [2.05, 4.69) is 13.0 Å². The summed E-state index contributed by atoms with van der Waals surface area (Å²) >= 11 is 8.27. The van der Waals surface area contributed by atoms with E-state index in [1.54, 1.807) is 14.0 Å². The van der Waals surface area contributed by atoms with Crippen molar-refractivity contribution < 1.29 is 14.3 Å². The Kier molecular flexibility index (Phi) is 8.39. The third kappa shape index (κ3) is 5.75. The summed E-state index contributed by atoms with van der Waals surface area (Å²) in [6, 6.07) is 21.8. The first-order chi connectivity index (χ1) is 18.9. The van der Waals surface area contributed by atoms with Crippen LogP contribution in [-0.4, -0.2) is 29.7 Å². The molecular formula is C33H34ClNO3S. The van der Waals surface area contributed by atoms with Crippen LogP contribution < -0.4 is 4.74 Å². The molecule has 0 N–H and O–H groups in total. The number of benzene rings is 3. The molecule has 5 rings (SSSR count). The van der Waals surface area contributed by atoms with E-state index in [0.29, 0.717) is 22.0 Å². The number of hydrogen-bond donors (Lipinski definition) is 0. The smallest absolute Gasteiger partial charge is 0.266 e. The van der Waals surface area contributed by atoms with Crippen LogP contribution in [0.1, 0.15) is 71.5 Å². The van der Waals surface area contributed by atoms with Crippen LogP contribution in [0.2, 0.25) is 5.02 Å². The number of hydrogen-bond acceptors (Lipinski definition) is 4. The van der Waals surface area contributed by atoms with Gasteiger partial charge in [-0.25, -0.2) is 0 Å². The normalized spacial score (nSPS) is 17.2. The molecule has 4 aromatic rings. The van der Waals surface area contributed by atoms with E-state index in [0.717, 1.165) is 64.1 Å². The number of ketones is 1. The van der Waals surface area contributed by atoms with Gasteiger partial charge in [0.15, 0.2) is 5.78 Å². The number of rotatable bonds is 8. The molecule has 4 nitrogen and oxygen atoms in total. The summed E-state index contributed by atoms with van der Waals surface area (Å²) in [7, 11) is 1.67. The minimum absolute atomic E-state index is 0.0144. The Morgan fingerprint density at radius 2 is 1.67 bits per heavy atom. The highest BCUT2D eigenvalue weighted by Gasteiger charge is 2.32. The Bertz CT molecular complexity index is 1480. The average Bonchev–Trinajstić information content (AvgIpc) is 3.32. The number of halogens is 1. The van der Waals surface area contributed by atoms with Crippen molar-refractivity contribution in [3.63, 3.8) is 0 Å². The first-order valence-corrected chi connectivity index (χ1v) is 14.8. The third-order valence-electron chi connectivity index (χ3n) is 8.07. The molecule has 0 saturated heterocycles. The topological polar surface area (TPSA) is 46.6 Å². The summed E-state index contributed by atoms with van der Waals surface area (Å²) in [6.07, 6.45) is 5.42. The maximum absolute atomic E-state index is 14.2. The third-order valence-corrected chi connectivity index (χ3v) is 9.73. The average molecular weight is 560 g/mol. The molecule has 0 unspecified atom stereocenters. The van der Waals surface area contributed by atoms with Crippen LogP contribution >= 0.6 is 22.9 Å². The Morgan fingerprint density at radius 3 is 2.31 bits per heavy atom. The first-order valence-electron chi connectivity index (χ1n) is 13.7. The van der Waals surface area contributed by atoms with Crippen molar-refractivity contribution >= 4 is 44.7 Å². The quantitative estimate of drug-likeness (QED) is 0.202. The minimum Gasteiger partial charge on any atom is -0.496 e. The Labute approximate surface area is 239 Å². The van der Waals surface area contributed by atoms with Crippen LogP contribution in [0.25, 0.3) is 21.2 Å². The number of Topliss-reactive ketones (excluding diaryl/α,β-unsaturated/α-hetero) is 1. The molecule has 3 aromatic carbocycles. The number of amides is 1. The Hall–Kier alpha value is -3.15. The lowest BCUT2D eigenvalue weighted by atomic mass is 9.83. The summed E-state index contributed by atoms with van der Waals surface area (Å²) < 4.78 is 6.78. The lowest BCUT2D eigenvalue weighted by Gasteiger charge is -2.37. The zero-order valence-corrected chi connectivity index (χ0v) is 24.3. The van der Waals surface area contributed by atoms with Gasteiger partial charge in [-0.3, -0.25) is 9.59 Å². The molecule has 0 bridgehead atoms. The molecule has 202 valence electrons. The van der Waals surface area contributed by atoms with E-state index in [1.165, 1.54) is 17.8 Å². The number of ether oxygens (including phenoxy) is 1. The second-order valence-electron chi connectivity index (χ2n) is 10.4. The van der Waals surface area contributed by atoms with Crippen molar-refractivity contribution in [2.75, 3.05) is 7.11 Å². The number of nitrogens with zero attached hydrogens (tertiary/aromatic N) is 1. The van der Waals surface area contributed by atoms with Gasteiger partial charge in [0.1, 0.15) is 10.6 Å². The van der Waals surface area contributed by atoms with Crippen molar-refractivity contribution in [2.24, 2.45) is 5.92 Å². The van der Waals surface area contributed by atoms with Gasteiger partial charge in [-0.15, -0.1) is 11.3 Å². The van der Waals surface area contributed by atoms with Crippen LogP contribution in [0.3, 0.4) is 0 Å². The second-order valence-corrected chi connectivity index (χ2v) is 11.8. The molecule has 0 atom stereocenters.